The molecule has 6 rings (SSSR count). The number of nitrogens with zero attached hydrogens (tertiary/aromatic N) is 3. The van der Waals surface area contributed by atoms with Crippen molar-refractivity contribution in [1.29, 1.82) is 0 Å². The van der Waals surface area contributed by atoms with Gasteiger partial charge in [-0.15, -0.1) is 0 Å². The summed E-state index contributed by atoms with van der Waals surface area (Å²) in [4.78, 5) is 36.0. The molecule has 3 fully saturated rings. The minimum atomic E-state index is -0.593. The molecule has 1 aromatic heterocycles. The average Bonchev–Trinajstić information content (AvgIpc) is 3.20. The molecule has 0 radical (unpaired) electrons. The Labute approximate surface area is 206 Å². The van der Waals surface area contributed by atoms with E-state index in [2.05, 4.69) is 25.9 Å². The lowest BCUT2D eigenvalue weighted by Crippen LogP contribution is -2.41. The lowest BCUT2D eigenvalue weighted by molar-refractivity contribution is 0.0259. The van der Waals surface area contributed by atoms with Gasteiger partial charge in [-0.2, -0.15) is 0 Å². The van der Waals surface area contributed by atoms with Crippen molar-refractivity contribution in [3.63, 3.8) is 0 Å². The summed E-state index contributed by atoms with van der Waals surface area (Å²) < 4.78 is 20.9. The van der Waals surface area contributed by atoms with Gasteiger partial charge in [-0.3, -0.25) is 19.9 Å². The lowest BCUT2D eigenvalue weighted by atomic mass is 10.0. The Kier molecular flexibility index (Phi) is 5.57. The molecule has 182 valence electrons. The highest BCUT2D eigenvalue weighted by Crippen LogP contribution is 2.46. The molecule has 0 spiro atoms. The Morgan fingerprint density at radius 2 is 2.14 bits per heavy atom. The van der Waals surface area contributed by atoms with Crippen molar-refractivity contribution >= 4 is 40.9 Å². The van der Waals surface area contributed by atoms with Crippen LogP contribution in [0.4, 0.5) is 15.9 Å². The molecule has 2 bridgehead atoms. The van der Waals surface area contributed by atoms with E-state index >= 15 is 4.39 Å². The quantitative estimate of drug-likeness (QED) is 0.585. The van der Waals surface area contributed by atoms with Crippen LogP contribution in [0.2, 0.25) is 5.02 Å². The molecule has 35 heavy (non-hydrogen) atoms. The van der Waals surface area contributed by atoms with E-state index in [9.17, 15) is 9.59 Å². The van der Waals surface area contributed by atoms with Gasteiger partial charge in [0.15, 0.2) is 5.96 Å². The molecule has 3 N–H and O–H groups in total. The first-order chi connectivity index (χ1) is 17.0. The zero-order chi connectivity index (χ0) is 24.1. The molecule has 3 aliphatic heterocycles. The number of hydrogen-bond donors (Lipinski definition) is 3. The molecular weight excluding hydrogens is 475 g/mol. The fourth-order valence-electron chi connectivity index (χ4n) is 4.89. The van der Waals surface area contributed by atoms with Gasteiger partial charge in [0, 0.05) is 24.8 Å². The summed E-state index contributed by atoms with van der Waals surface area (Å²) in [6, 6.07) is 4.51. The molecule has 2 aromatic rings. The monoisotopic (exact) mass is 498 g/mol. The fraction of sp³-hybridized carbons (Fsp3) is 0.417. The molecule has 2 atom stereocenters. The van der Waals surface area contributed by atoms with E-state index in [0.29, 0.717) is 43.3 Å². The number of halogens is 2. The van der Waals surface area contributed by atoms with Crippen molar-refractivity contribution in [1.82, 2.24) is 20.5 Å². The van der Waals surface area contributed by atoms with Gasteiger partial charge in [0.2, 0.25) is 0 Å². The fourth-order valence-corrected chi connectivity index (χ4v) is 5.13. The number of hydrogen-bond acceptors (Lipinski definition) is 7. The van der Waals surface area contributed by atoms with Crippen LogP contribution in [0.1, 0.15) is 51.5 Å². The number of aromatic nitrogens is 1. The minimum absolute atomic E-state index is 0.0520. The second kappa shape index (κ2) is 8.76. The van der Waals surface area contributed by atoms with Gasteiger partial charge in [0.05, 0.1) is 41.6 Å². The SMILES string of the molecule is O=C(NC1=NCCN1)c1cc(F)c(Nc2nccc(C(=O)N3C[C@H]4C[C@@H]3CO4)c2Cl)c(C2CC2)c1. The third kappa shape index (κ3) is 4.21. The molecule has 1 saturated carbocycles. The van der Waals surface area contributed by atoms with Crippen molar-refractivity contribution in [3.8, 4) is 0 Å². The topological polar surface area (TPSA) is 108 Å². The number of benzene rings is 1. The molecule has 0 unspecified atom stereocenters. The van der Waals surface area contributed by atoms with E-state index in [4.69, 9.17) is 16.3 Å². The second-order valence-electron chi connectivity index (χ2n) is 9.26. The molecule has 2 amide bonds. The first-order valence-corrected chi connectivity index (χ1v) is 12.1. The number of carbonyl (C=O) groups excluding carboxylic acids is 2. The maximum absolute atomic E-state index is 15.3. The summed E-state index contributed by atoms with van der Waals surface area (Å²) in [5.41, 5.74) is 1.42. The second-order valence-corrected chi connectivity index (χ2v) is 9.63. The zero-order valence-electron chi connectivity index (χ0n) is 18.8. The highest BCUT2D eigenvalue weighted by molar-refractivity contribution is 6.36. The number of morpholine rings is 1. The van der Waals surface area contributed by atoms with Gasteiger partial charge >= 0.3 is 0 Å². The van der Waals surface area contributed by atoms with Crippen molar-refractivity contribution < 1.29 is 18.7 Å². The molecule has 9 nitrogen and oxygen atoms in total. The normalized spacial score (nSPS) is 22.7. The predicted molar refractivity (Wildman–Crippen MR) is 128 cm³/mol. The van der Waals surface area contributed by atoms with Crippen LogP contribution < -0.4 is 16.0 Å². The van der Waals surface area contributed by atoms with Crippen LogP contribution in [0, 0.1) is 5.82 Å². The van der Waals surface area contributed by atoms with Crippen molar-refractivity contribution in [2.45, 2.75) is 37.3 Å². The van der Waals surface area contributed by atoms with E-state index < -0.39 is 11.7 Å². The Hall–Kier alpha value is -3.24. The largest absolute Gasteiger partial charge is 0.374 e. The van der Waals surface area contributed by atoms with Crippen LogP contribution in [-0.4, -0.2) is 66.0 Å². The maximum atomic E-state index is 15.3. The first kappa shape index (κ1) is 22.2. The summed E-state index contributed by atoms with van der Waals surface area (Å²) in [6.45, 7) is 2.31. The maximum Gasteiger partial charge on any atom is 0.258 e. The number of likely N-dealkylation sites (tertiary alicyclic amines) is 1. The molecule has 1 aliphatic carbocycles. The summed E-state index contributed by atoms with van der Waals surface area (Å²) in [6.07, 6.45) is 4.18. The van der Waals surface area contributed by atoms with E-state index in [0.717, 1.165) is 19.3 Å². The van der Waals surface area contributed by atoms with Crippen LogP contribution in [0.15, 0.2) is 29.4 Å². The van der Waals surface area contributed by atoms with E-state index in [1.54, 1.807) is 17.0 Å². The zero-order valence-corrected chi connectivity index (χ0v) is 19.6. The highest BCUT2D eigenvalue weighted by atomic mass is 35.5. The number of guanidine groups is 1. The number of anilines is 2. The molecule has 4 aliphatic rings. The van der Waals surface area contributed by atoms with Crippen molar-refractivity contribution in [2.75, 3.05) is 31.6 Å². The number of amides is 2. The first-order valence-electron chi connectivity index (χ1n) is 11.7. The van der Waals surface area contributed by atoms with Gasteiger partial charge in [0.25, 0.3) is 11.8 Å². The van der Waals surface area contributed by atoms with Crippen LogP contribution in [-0.2, 0) is 4.74 Å². The summed E-state index contributed by atoms with van der Waals surface area (Å²) in [7, 11) is 0. The number of fused-ring (bicyclic) bond motifs is 2. The smallest absolute Gasteiger partial charge is 0.258 e. The van der Waals surface area contributed by atoms with Crippen molar-refractivity contribution in [2.24, 2.45) is 4.99 Å². The van der Waals surface area contributed by atoms with Crippen LogP contribution in [0.3, 0.4) is 0 Å². The minimum Gasteiger partial charge on any atom is -0.374 e. The molecular formula is C24H24ClFN6O3. The highest BCUT2D eigenvalue weighted by Gasteiger charge is 2.42. The molecule has 4 heterocycles. The van der Waals surface area contributed by atoms with E-state index in [-0.39, 0.29) is 46.1 Å². The van der Waals surface area contributed by atoms with Gasteiger partial charge in [-0.05, 0) is 48.9 Å². The van der Waals surface area contributed by atoms with Gasteiger partial charge in [0.1, 0.15) is 11.6 Å². The number of nitrogens with one attached hydrogen (secondary N) is 3. The van der Waals surface area contributed by atoms with Crippen LogP contribution >= 0.6 is 11.6 Å². The Morgan fingerprint density at radius 1 is 1.29 bits per heavy atom. The lowest BCUT2D eigenvalue weighted by Gasteiger charge is -2.27. The average molecular weight is 499 g/mol. The van der Waals surface area contributed by atoms with Crippen LogP contribution in [0.5, 0.6) is 0 Å². The standard InChI is InChI=1S/C24H24ClFN6O3/c25-19-16(23(34)32-10-15-9-14(32)11-35-15)3-4-27-21(19)30-20-17(12-1-2-12)7-13(8-18(20)26)22(33)31-24-28-5-6-29-24/h3-4,7-8,12,14-15H,1-2,5-6,9-11H2,(H,27,30)(H2,28,29,31,33)/t14-,15-/m1/s1. The van der Waals surface area contributed by atoms with Gasteiger partial charge in [-0.25, -0.2) is 9.37 Å². The summed E-state index contributed by atoms with van der Waals surface area (Å²) in [5, 5.41) is 8.78. The molecule has 11 heteroatoms. The summed E-state index contributed by atoms with van der Waals surface area (Å²) in [5.74, 6) is -0.496. The van der Waals surface area contributed by atoms with Gasteiger partial charge in [-0.1, -0.05) is 11.6 Å². The van der Waals surface area contributed by atoms with E-state index in [1.807, 2.05) is 0 Å². The third-order valence-corrected chi connectivity index (χ3v) is 7.21. The number of carbonyl (C=O) groups is 2. The molecule has 1 aromatic carbocycles. The number of pyridine rings is 1. The molecule has 2 saturated heterocycles. The number of rotatable bonds is 5. The Balaban J connectivity index is 1.27. The van der Waals surface area contributed by atoms with Crippen LogP contribution in [0.25, 0.3) is 0 Å². The predicted octanol–water partition coefficient (Wildman–Crippen LogP) is 2.80. The van der Waals surface area contributed by atoms with Gasteiger partial charge < -0.3 is 20.3 Å². The number of aliphatic imine (C=N–C) groups is 1. The summed E-state index contributed by atoms with van der Waals surface area (Å²) >= 11 is 6.60. The third-order valence-electron chi connectivity index (χ3n) is 6.83. The van der Waals surface area contributed by atoms with E-state index in [1.165, 1.54) is 12.3 Å². The Morgan fingerprint density at radius 3 is 2.83 bits per heavy atom. The Bertz CT molecular complexity index is 1250. The van der Waals surface area contributed by atoms with Crippen molar-refractivity contribution in [3.05, 3.63) is 51.9 Å². The number of ether oxygens (including phenoxy) is 1.